The Labute approximate surface area is 112 Å². The van der Waals surface area contributed by atoms with E-state index in [9.17, 15) is 9.67 Å². The maximum absolute atomic E-state index is 12.4. The fourth-order valence-electron chi connectivity index (χ4n) is 1.74. The van der Waals surface area contributed by atoms with Gasteiger partial charge in [-0.05, 0) is 26.0 Å². The lowest BCUT2D eigenvalue weighted by Gasteiger charge is -2.38. The SMILES string of the molecule is CC1OC(C(C)N[P@](=O)(CO)Oc2ccccc2)O1. The average Bonchev–Trinajstić information content (AvgIpc) is 2.36. The first-order valence-electron chi connectivity index (χ1n) is 6.06. The summed E-state index contributed by atoms with van der Waals surface area (Å²) in [5.74, 6) is 0.434. The second kappa shape index (κ2) is 6.03. The highest BCUT2D eigenvalue weighted by Gasteiger charge is 2.36. The molecule has 19 heavy (non-hydrogen) atoms. The number of aliphatic hydroxyl groups excluding tert-OH is 1. The second-order valence-electron chi connectivity index (χ2n) is 4.35. The van der Waals surface area contributed by atoms with Crippen LogP contribution in [0, 0.1) is 0 Å². The Balaban J connectivity index is 1.96. The smallest absolute Gasteiger partial charge is 0.342 e. The Morgan fingerprint density at radius 2 is 2.05 bits per heavy atom. The third-order valence-electron chi connectivity index (χ3n) is 2.64. The number of para-hydroxylation sites is 1. The van der Waals surface area contributed by atoms with Gasteiger partial charge in [-0.3, -0.25) is 4.57 Å². The summed E-state index contributed by atoms with van der Waals surface area (Å²) in [7, 11) is -3.39. The summed E-state index contributed by atoms with van der Waals surface area (Å²) in [6, 6.07) is 8.35. The van der Waals surface area contributed by atoms with Crippen LogP contribution in [0.3, 0.4) is 0 Å². The highest BCUT2D eigenvalue weighted by Crippen LogP contribution is 2.43. The first-order chi connectivity index (χ1) is 9.02. The first kappa shape index (κ1) is 14.5. The van der Waals surface area contributed by atoms with Crippen molar-refractivity contribution in [2.75, 3.05) is 6.35 Å². The van der Waals surface area contributed by atoms with E-state index in [-0.39, 0.29) is 12.3 Å². The molecule has 1 heterocycles. The summed E-state index contributed by atoms with van der Waals surface area (Å²) >= 11 is 0. The molecule has 6 nitrogen and oxygen atoms in total. The molecule has 2 rings (SSSR count). The number of hydrogen-bond donors (Lipinski definition) is 2. The van der Waals surface area contributed by atoms with Crippen LogP contribution in [0.2, 0.25) is 0 Å². The van der Waals surface area contributed by atoms with E-state index in [4.69, 9.17) is 14.0 Å². The number of nitrogens with one attached hydrogen (secondary N) is 1. The Kier molecular flexibility index (Phi) is 4.60. The number of ether oxygens (including phenoxy) is 2. The van der Waals surface area contributed by atoms with Crippen molar-refractivity contribution in [3.8, 4) is 5.75 Å². The molecule has 0 amide bonds. The molecule has 0 bridgehead atoms. The fourth-order valence-corrected chi connectivity index (χ4v) is 3.14. The summed E-state index contributed by atoms with van der Waals surface area (Å²) in [5, 5.41) is 12.0. The van der Waals surface area contributed by atoms with Crippen molar-refractivity contribution in [3.05, 3.63) is 30.3 Å². The Morgan fingerprint density at radius 1 is 1.42 bits per heavy atom. The molecule has 0 saturated carbocycles. The maximum atomic E-state index is 12.4. The molecule has 7 heteroatoms. The van der Waals surface area contributed by atoms with Gasteiger partial charge >= 0.3 is 7.52 Å². The van der Waals surface area contributed by atoms with Crippen LogP contribution in [0.1, 0.15) is 13.8 Å². The Bertz CT molecular complexity index is 449. The van der Waals surface area contributed by atoms with Gasteiger partial charge in [-0.1, -0.05) is 18.2 Å². The minimum Gasteiger partial charge on any atom is -0.431 e. The van der Waals surface area contributed by atoms with Crippen LogP contribution in [0.15, 0.2) is 30.3 Å². The van der Waals surface area contributed by atoms with Gasteiger partial charge in [-0.15, -0.1) is 0 Å². The summed E-state index contributed by atoms with van der Waals surface area (Å²) in [6.07, 6.45) is -1.33. The van der Waals surface area contributed by atoms with Gasteiger partial charge in [-0.25, -0.2) is 5.09 Å². The van der Waals surface area contributed by atoms with Crippen LogP contribution in [-0.2, 0) is 14.0 Å². The quantitative estimate of drug-likeness (QED) is 0.778. The third kappa shape index (κ3) is 3.78. The monoisotopic (exact) mass is 287 g/mol. The molecule has 0 aliphatic carbocycles. The zero-order valence-electron chi connectivity index (χ0n) is 10.9. The highest BCUT2D eigenvalue weighted by atomic mass is 31.2. The lowest BCUT2D eigenvalue weighted by atomic mass is 10.3. The molecule has 1 aromatic rings. The lowest BCUT2D eigenvalue weighted by molar-refractivity contribution is -0.381. The predicted octanol–water partition coefficient (Wildman–Crippen LogP) is 1.91. The number of rotatable bonds is 6. The molecule has 0 spiro atoms. The van der Waals surface area contributed by atoms with E-state index >= 15 is 0 Å². The molecule has 1 fully saturated rings. The third-order valence-corrected chi connectivity index (χ3v) is 4.32. The van der Waals surface area contributed by atoms with Crippen molar-refractivity contribution in [3.63, 3.8) is 0 Å². The molecular weight excluding hydrogens is 269 g/mol. The Morgan fingerprint density at radius 3 is 2.58 bits per heavy atom. The topological polar surface area (TPSA) is 77.0 Å². The summed E-state index contributed by atoms with van der Waals surface area (Å²) < 4.78 is 28.3. The molecule has 1 aromatic carbocycles. The van der Waals surface area contributed by atoms with Crippen LogP contribution in [0.25, 0.3) is 0 Å². The molecule has 1 aliphatic rings. The van der Waals surface area contributed by atoms with Crippen molar-refractivity contribution in [2.45, 2.75) is 32.5 Å². The number of hydrogen-bond acceptors (Lipinski definition) is 5. The second-order valence-corrected chi connectivity index (χ2v) is 6.42. The molecule has 2 N–H and O–H groups in total. The van der Waals surface area contributed by atoms with Crippen molar-refractivity contribution < 1.29 is 23.7 Å². The average molecular weight is 287 g/mol. The summed E-state index contributed by atoms with van der Waals surface area (Å²) in [4.78, 5) is 0. The van der Waals surface area contributed by atoms with Gasteiger partial charge in [0.2, 0.25) is 0 Å². The van der Waals surface area contributed by atoms with Gasteiger partial charge < -0.3 is 19.1 Å². The van der Waals surface area contributed by atoms with Gasteiger partial charge in [0.05, 0.1) is 6.04 Å². The van der Waals surface area contributed by atoms with E-state index in [1.807, 2.05) is 6.07 Å². The summed E-state index contributed by atoms with van der Waals surface area (Å²) in [5.41, 5.74) is 0. The van der Waals surface area contributed by atoms with Crippen LogP contribution in [-0.4, -0.2) is 30.1 Å². The largest absolute Gasteiger partial charge is 0.431 e. The van der Waals surface area contributed by atoms with Crippen LogP contribution in [0.4, 0.5) is 0 Å². The molecule has 106 valence electrons. The van der Waals surface area contributed by atoms with Gasteiger partial charge in [0.15, 0.2) is 12.6 Å². The molecular formula is C12H18NO5P. The van der Waals surface area contributed by atoms with Crippen molar-refractivity contribution in [1.82, 2.24) is 5.09 Å². The number of aliphatic hydroxyl groups is 1. The fraction of sp³-hybridized carbons (Fsp3) is 0.500. The van der Waals surface area contributed by atoms with E-state index in [0.29, 0.717) is 5.75 Å². The lowest BCUT2D eigenvalue weighted by Crippen LogP contribution is -2.50. The van der Waals surface area contributed by atoms with Crippen LogP contribution >= 0.6 is 7.52 Å². The van der Waals surface area contributed by atoms with E-state index in [1.165, 1.54) is 0 Å². The van der Waals surface area contributed by atoms with Crippen molar-refractivity contribution in [1.29, 1.82) is 0 Å². The van der Waals surface area contributed by atoms with E-state index in [2.05, 4.69) is 5.09 Å². The predicted molar refractivity (Wildman–Crippen MR) is 69.8 cm³/mol. The zero-order chi connectivity index (χ0) is 13.9. The minimum absolute atomic E-state index is 0.252. The van der Waals surface area contributed by atoms with Gasteiger partial charge in [0.25, 0.3) is 0 Å². The van der Waals surface area contributed by atoms with Gasteiger partial charge in [0.1, 0.15) is 12.1 Å². The van der Waals surface area contributed by atoms with Gasteiger partial charge in [0, 0.05) is 0 Å². The number of benzene rings is 1. The molecule has 0 aromatic heterocycles. The van der Waals surface area contributed by atoms with Crippen molar-refractivity contribution in [2.24, 2.45) is 0 Å². The van der Waals surface area contributed by atoms with Gasteiger partial charge in [-0.2, -0.15) is 0 Å². The zero-order valence-corrected chi connectivity index (χ0v) is 11.7. The molecule has 2 atom stereocenters. The van der Waals surface area contributed by atoms with E-state index in [0.717, 1.165) is 0 Å². The van der Waals surface area contributed by atoms with E-state index in [1.54, 1.807) is 38.1 Å². The Hall–Kier alpha value is -0.910. The maximum Gasteiger partial charge on any atom is 0.342 e. The van der Waals surface area contributed by atoms with E-state index < -0.39 is 20.2 Å². The standard InChI is InChI=1S/C12H18NO5P/c1-9(12-16-10(2)17-12)13-19(15,8-14)18-11-6-4-3-5-7-11/h3-7,9-10,12,14H,8H2,1-2H3,(H,13,15)/t9?,10?,12?,19-/m0/s1. The van der Waals surface area contributed by atoms with Crippen molar-refractivity contribution >= 4 is 7.52 Å². The normalized spacial score (nSPS) is 27.1. The molecule has 0 radical (unpaired) electrons. The molecule has 1 aliphatic heterocycles. The molecule has 1 unspecified atom stereocenters. The first-order valence-corrected chi connectivity index (χ1v) is 7.87. The van der Waals surface area contributed by atoms with Crippen LogP contribution in [0.5, 0.6) is 5.75 Å². The summed E-state index contributed by atoms with van der Waals surface area (Å²) in [6.45, 7) is 3.53. The van der Waals surface area contributed by atoms with Crippen LogP contribution < -0.4 is 9.61 Å². The highest BCUT2D eigenvalue weighted by molar-refractivity contribution is 7.57. The minimum atomic E-state index is -3.39. The molecule has 1 saturated heterocycles.